The number of carbonyl (C=O) groups excluding carboxylic acids is 2. The summed E-state index contributed by atoms with van der Waals surface area (Å²) in [5.41, 5.74) is 0.599. The zero-order valence-corrected chi connectivity index (χ0v) is 13.0. The van der Waals surface area contributed by atoms with Crippen molar-refractivity contribution in [3.8, 4) is 0 Å². The topological polar surface area (TPSA) is 104 Å². The Balaban J connectivity index is 1.81. The number of Topliss-reactive ketones (excluding diaryl/α,β-unsaturated/α-hetero) is 1. The molecule has 1 saturated carbocycles. The molecule has 1 fully saturated rings. The number of ketones is 1. The van der Waals surface area contributed by atoms with Crippen LogP contribution in [-0.4, -0.2) is 33.7 Å². The Labute approximate surface area is 129 Å². The molecule has 0 bridgehead atoms. The minimum Gasteiger partial charge on any atom is -0.349 e. The van der Waals surface area contributed by atoms with Gasteiger partial charge < -0.3 is 15.1 Å². The fourth-order valence-electron chi connectivity index (χ4n) is 2.75. The van der Waals surface area contributed by atoms with Crippen LogP contribution >= 0.6 is 7.60 Å². The van der Waals surface area contributed by atoms with Gasteiger partial charge in [0.15, 0.2) is 0 Å². The van der Waals surface area contributed by atoms with Crippen molar-refractivity contribution in [2.24, 2.45) is 5.92 Å². The molecule has 6 nitrogen and oxygen atoms in total. The summed E-state index contributed by atoms with van der Waals surface area (Å²) in [5.74, 6) is -0.815. The van der Waals surface area contributed by atoms with Crippen LogP contribution in [0.4, 0.5) is 0 Å². The molecule has 1 amide bonds. The summed E-state index contributed by atoms with van der Waals surface area (Å²) in [6.07, 6.45) is 1.72. The average Bonchev–Trinajstić information content (AvgIpc) is 2.47. The van der Waals surface area contributed by atoms with Crippen molar-refractivity contribution >= 4 is 19.3 Å². The van der Waals surface area contributed by atoms with E-state index in [4.69, 9.17) is 9.79 Å². The molecule has 0 unspecified atom stereocenters. The minimum absolute atomic E-state index is 0.00631. The highest BCUT2D eigenvalue weighted by atomic mass is 31.2. The second kappa shape index (κ2) is 7.18. The Hall–Kier alpha value is -1.49. The largest absolute Gasteiger partial charge is 0.349 e. The van der Waals surface area contributed by atoms with E-state index in [9.17, 15) is 14.2 Å². The molecular weight excluding hydrogens is 305 g/mol. The first kappa shape index (κ1) is 16.9. The highest BCUT2D eigenvalue weighted by molar-refractivity contribution is 7.52. The van der Waals surface area contributed by atoms with E-state index in [1.165, 1.54) is 0 Å². The maximum Gasteiger partial charge on any atom is 0.332 e. The molecule has 22 heavy (non-hydrogen) atoms. The summed E-state index contributed by atoms with van der Waals surface area (Å²) in [4.78, 5) is 41.5. The van der Waals surface area contributed by atoms with Crippen molar-refractivity contribution in [1.82, 2.24) is 5.32 Å². The first-order valence-electron chi connectivity index (χ1n) is 7.28. The van der Waals surface area contributed by atoms with Gasteiger partial charge in [0.25, 0.3) is 5.91 Å². The van der Waals surface area contributed by atoms with Crippen molar-refractivity contribution in [3.63, 3.8) is 0 Å². The van der Waals surface area contributed by atoms with Gasteiger partial charge in [0.1, 0.15) is 11.9 Å². The molecule has 0 spiro atoms. The lowest BCUT2D eigenvalue weighted by Gasteiger charge is -2.28. The van der Waals surface area contributed by atoms with E-state index < -0.39 is 13.8 Å². The zero-order valence-electron chi connectivity index (χ0n) is 12.1. The molecule has 1 aliphatic rings. The van der Waals surface area contributed by atoms with Crippen molar-refractivity contribution < 1.29 is 23.9 Å². The fourth-order valence-corrected chi connectivity index (χ4v) is 3.41. The SMILES string of the molecule is O=C(N[C@H]1CC[C@H](C(=O)CP(=O)(O)O)CC1)c1ccccc1. The van der Waals surface area contributed by atoms with Crippen molar-refractivity contribution in [2.45, 2.75) is 31.7 Å². The van der Waals surface area contributed by atoms with Crippen molar-refractivity contribution in [2.75, 3.05) is 6.16 Å². The number of rotatable bonds is 5. The van der Waals surface area contributed by atoms with Crippen LogP contribution in [0.1, 0.15) is 36.0 Å². The quantitative estimate of drug-likeness (QED) is 0.715. The van der Waals surface area contributed by atoms with Crippen LogP contribution in [0.15, 0.2) is 30.3 Å². The van der Waals surface area contributed by atoms with Crippen LogP contribution < -0.4 is 5.32 Å². The number of hydrogen-bond donors (Lipinski definition) is 3. The van der Waals surface area contributed by atoms with Crippen LogP contribution in [0.25, 0.3) is 0 Å². The van der Waals surface area contributed by atoms with E-state index >= 15 is 0 Å². The predicted molar refractivity (Wildman–Crippen MR) is 81.6 cm³/mol. The number of amides is 1. The first-order valence-corrected chi connectivity index (χ1v) is 9.08. The molecular formula is C15H20NO5P. The lowest BCUT2D eigenvalue weighted by atomic mass is 9.84. The Morgan fingerprint density at radius 2 is 1.68 bits per heavy atom. The van der Waals surface area contributed by atoms with Gasteiger partial charge in [-0.1, -0.05) is 18.2 Å². The maximum absolute atomic E-state index is 12.0. The first-order chi connectivity index (χ1) is 10.3. The molecule has 2 rings (SSSR count). The lowest BCUT2D eigenvalue weighted by Crippen LogP contribution is -2.39. The van der Waals surface area contributed by atoms with Gasteiger partial charge in [-0.15, -0.1) is 0 Å². The van der Waals surface area contributed by atoms with Crippen LogP contribution in [0, 0.1) is 5.92 Å². The number of nitrogens with one attached hydrogen (secondary N) is 1. The summed E-state index contributed by atoms with van der Waals surface area (Å²) in [6.45, 7) is 0. The summed E-state index contributed by atoms with van der Waals surface area (Å²) in [7, 11) is -4.29. The highest BCUT2D eigenvalue weighted by Gasteiger charge is 2.30. The molecule has 1 aliphatic carbocycles. The Bertz CT molecular complexity index is 575. The van der Waals surface area contributed by atoms with Gasteiger partial charge in [-0.05, 0) is 37.8 Å². The Morgan fingerprint density at radius 1 is 1.09 bits per heavy atom. The second-order valence-corrected chi connectivity index (χ2v) is 7.32. The fraction of sp³-hybridized carbons (Fsp3) is 0.467. The normalized spacial score (nSPS) is 22.1. The van der Waals surface area contributed by atoms with E-state index in [1.54, 1.807) is 24.3 Å². The van der Waals surface area contributed by atoms with E-state index in [1.807, 2.05) is 6.07 Å². The van der Waals surface area contributed by atoms with E-state index in [2.05, 4.69) is 5.32 Å². The van der Waals surface area contributed by atoms with Crippen LogP contribution in [0.2, 0.25) is 0 Å². The summed E-state index contributed by atoms with van der Waals surface area (Å²) in [5, 5.41) is 2.94. The smallest absolute Gasteiger partial charge is 0.332 e. The number of carbonyl (C=O) groups is 2. The molecule has 120 valence electrons. The third kappa shape index (κ3) is 5.05. The number of benzene rings is 1. The average molecular weight is 325 g/mol. The molecule has 0 aliphatic heterocycles. The lowest BCUT2D eigenvalue weighted by molar-refractivity contribution is -0.121. The summed E-state index contributed by atoms with van der Waals surface area (Å²) < 4.78 is 10.9. The maximum atomic E-state index is 12.0. The van der Waals surface area contributed by atoms with Gasteiger partial charge in [0.05, 0.1) is 0 Å². The Morgan fingerprint density at radius 3 is 2.23 bits per heavy atom. The third-order valence-corrected chi connectivity index (χ3v) is 4.64. The number of hydrogen-bond acceptors (Lipinski definition) is 3. The predicted octanol–water partition coefficient (Wildman–Crippen LogP) is 1.72. The third-order valence-electron chi connectivity index (χ3n) is 3.92. The van der Waals surface area contributed by atoms with Gasteiger partial charge in [-0.3, -0.25) is 14.2 Å². The molecule has 0 saturated heterocycles. The standard InChI is InChI=1S/C15H20NO5P/c17-14(10-22(19,20)21)11-6-8-13(9-7-11)16-15(18)12-4-2-1-3-5-12/h1-5,11,13H,6-10H2,(H,16,18)(H2,19,20,21)/t11-,13-. The van der Waals surface area contributed by atoms with Crippen LogP contribution in [0.5, 0.6) is 0 Å². The molecule has 0 aromatic heterocycles. The van der Waals surface area contributed by atoms with Crippen molar-refractivity contribution in [3.05, 3.63) is 35.9 Å². The van der Waals surface area contributed by atoms with Crippen LogP contribution in [0.3, 0.4) is 0 Å². The second-order valence-electron chi connectivity index (χ2n) is 5.68. The van der Waals surface area contributed by atoms with Crippen LogP contribution in [-0.2, 0) is 9.36 Å². The molecule has 7 heteroatoms. The molecule has 3 N–H and O–H groups in total. The molecule has 1 aromatic rings. The Kier molecular flexibility index (Phi) is 5.51. The zero-order chi connectivity index (χ0) is 16.2. The van der Waals surface area contributed by atoms with Crippen molar-refractivity contribution in [1.29, 1.82) is 0 Å². The summed E-state index contributed by atoms with van der Waals surface area (Å²) in [6, 6.07) is 8.93. The molecule has 0 atom stereocenters. The minimum atomic E-state index is -4.29. The van der Waals surface area contributed by atoms with Gasteiger partial charge in [-0.2, -0.15) is 0 Å². The van der Waals surface area contributed by atoms with E-state index in [0.29, 0.717) is 31.2 Å². The van der Waals surface area contributed by atoms with Gasteiger partial charge in [0.2, 0.25) is 0 Å². The van der Waals surface area contributed by atoms with Gasteiger partial charge in [-0.25, -0.2) is 0 Å². The molecule has 0 radical (unpaired) electrons. The monoisotopic (exact) mass is 325 g/mol. The molecule has 1 aromatic carbocycles. The summed E-state index contributed by atoms with van der Waals surface area (Å²) >= 11 is 0. The van der Waals surface area contributed by atoms with Gasteiger partial charge >= 0.3 is 7.60 Å². The van der Waals surface area contributed by atoms with E-state index in [-0.39, 0.29) is 23.7 Å². The highest BCUT2D eigenvalue weighted by Crippen LogP contribution is 2.37. The van der Waals surface area contributed by atoms with Gasteiger partial charge in [0, 0.05) is 17.5 Å². The van der Waals surface area contributed by atoms with E-state index in [0.717, 1.165) is 0 Å². The molecule has 0 heterocycles.